The number of fused-ring (bicyclic) bond motifs is 1. The highest BCUT2D eigenvalue weighted by Gasteiger charge is 2.45. The number of ketones is 2. The molecule has 0 spiro atoms. The molecule has 188 valence electrons. The molecule has 0 aromatic heterocycles. The van der Waals surface area contributed by atoms with Crippen molar-refractivity contribution in [2.24, 2.45) is 5.92 Å². The van der Waals surface area contributed by atoms with Crippen LogP contribution in [0.2, 0.25) is 0 Å². The first-order chi connectivity index (χ1) is 17.6. The van der Waals surface area contributed by atoms with E-state index in [2.05, 4.69) is 5.32 Å². The number of ether oxygens (including phenoxy) is 1. The van der Waals surface area contributed by atoms with Crippen LogP contribution in [0.3, 0.4) is 0 Å². The molecule has 1 aliphatic heterocycles. The van der Waals surface area contributed by atoms with Crippen molar-refractivity contribution in [3.63, 3.8) is 0 Å². The van der Waals surface area contributed by atoms with Gasteiger partial charge in [-0.05, 0) is 41.2 Å². The number of cyclic esters (lactones) is 1. The Morgan fingerprint density at radius 1 is 0.919 bits per heavy atom. The van der Waals surface area contributed by atoms with Crippen molar-refractivity contribution in [1.29, 1.82) is 0 Å². The summed E-state index contributed by atoms with van der Waals surface area (Å²) in [4.78, 5) is 52.9. The molecule has 6 heteroatoms. The maximum absolute atomic E-state index is 13.6. The number of anilines is 1. The van der Waals surface area contributed by atoms with E-state index in [1.807, 2.05) is 76.2 Å². The average Bonchev–Trinajstić information content (AvgIpc) is 3.20. The number of Topliss-reactive ketones (excluding diaryl/α,β-unsaturated/α-hetero) is 1. The highest BCUT2D eigenvalue weighted by atomic mass is 16.5. The fourth-order valence-electron chi connectivity index (χ4n) is 4.46. The number of hydrogen-bond acceptors (Lipinski definition) is 5. The zero-order valence-corrected chi connectivity index (χ0v) is 21.3. The first-order valence-corrected chi connectivity index (χ1v) is 12.1. The Bertz CT molecular complexity index is 1400. The Morgan fingerprint density at radius 2 is 1.59 bits per heavy atom. The van der Waals surface area contributed by atoms with Crippen LogP contribution in [0.5, 0.6) is 0 Å². The van der Waals surface area contributed by atoms with Crippen LogP contribution in [0, 0.1) is 12.8 Å². The molecule has 0 saturated heterocycles. The lowest BCUT2D eigenvalue weighted by atomic mass is 9.84. The van der Waals surface area contributed by atoms with Crippen molar-refractivity contribution in [3.8, 4) is 0 Å². The Balaban J connectivity index is 1.70. The fraction of sp³-hybridized carbons (Fsp3) is 0.226. The number of carbonyl (C=O) groups excluding carboxylic acids is 4. The van der Waals surface area contributed by atoms with Crippen molar-refractivity contribution in [1.82, 2.24) is 0 Å². The van der Waals surface area contributed by atoms with Crippen LogP contribution in [0.15, 0.2) is 78.9 Å². The summed E-state index contributed by atoms with van der Waals surface area (Å²) < 4.78 is 5.50. The van der Waals surface area contributed by atoms with Gasteiger partial charge in [-0.15, -0.1) is 0 Å². The second-order valence-corrected chi connectivity index (χ2v) is 10.1. The van der Waals surface area contributed by atoms with Crippen LogP contribution in [-0.2, 0) is 24.5 Å². The predicted octanol–water partition coefficient (Wildman–Crippen LogP) is 5.61. The molecule has 2 atom stereocenters. The monoisotopic (exact) mass is 495 g/mol. The van der Waals surface area contributed by atoms with Gasteiger partial charge in [0.1, 0.15) is 12.0 Å². The summed E-state index contributed by atoms with van der Waals surface area (Å²) in [6.45, 7) is 7.87. The first kappa shape index (κ1) is 25.8. The maximum atomic E-state index is 13.6. The third-order valence-electron chi connectivity index (χ3n) is 6.40. The second kappa shape index (κ2) is 10.3. The van der Waals surface area contributed by atoms with Gasteiger partial charge in [0, 0.05) is 11.3 Å². The normalized spacial score (nSPS) is 15.7. The SMILES string of the molecule is Cc1cccc(C(C)(C)C)c1NC(=O)C(=O)[C@H](C(=O)/C=C/c1ccccc1)[C@@H]1OC(=O)c2ccccc21. The number of esters is 1. The van der Waals surface area contributed by atoms with E-state index in [-0.39, 0.29) is 11.0 Å². The number of benzene rings is 3. The molecule has 1 aliphatic rings. The minimum absolute atomic E-state index is 0.277. The van der Waals surface area contributed by atoms with E-state index < -0.39 is 35.5 Å². The minimum atomic E-state index is -1.53. The Kier molecular flexibility index (Phi) is 7.21. The van der Waals surface area contributed by atoms with E-state index in [0.29, 0.717) is 11.3 Å². The number of aryl methyl sites for hydroxylation is 1. The second-order valence-electron chi connectivity index (χ2n) is 10.1. The summed E-state index contributed by atoms with van der Waals surface area (Å²) in [6.07, 6.45) is 1.63. The molecule has 0 radical (unpaired) electrons. The maximum Gasteiger partial charge on any atom is 0.339 e. The molecule has 0 aliphatic carbocycles. The Morgan fingerprint density at radius 3 is 2.30 bits per heavy atom. The van der Waals surface area contributed by atoms with Crippen molar-refractivity contribution in [2.75, 3.05) is 5.32 Å². The first-order valence-electron chi connectivity index (χ1n) is 12.1. The molecule has 0 saturated carbocycles. The summed E-state index contributed by atoms with van der Waals surface area (Å²) in [5, 5.41) is 2.75. The van der Waals surface area contributed by atoms with Crippen LogP contribution in [0.1, 0.15) is 59.5 Å². The zero-order valence-electron chi connectivity index (χ0n) is 21.3. The van der Waals surface area contributed by atoms with Crippen molar-refractivity contribution >= 4 is 35.2 Å². The molecule has 37 heavy (non-hydrogen) atoms. The predicted molar refractivity (Wildman–Crippen MR) is 142 cm³/mol. The van der Waals surface area contributed by atoms with Crippen LogP contribution < -0.4 is 5.32 Å². The van der Waals surface area contributed by atoms with Gasteiger partial charge in [0.25, 0.3) is 5.91 Å². The number of hydrogen-bond donors (Lipinski definition) is 1. The lowest BCUT2D eigenvalue weighted by molar-refractivity contribution is -0.143. The highest BCUT2D eigenvalue weighted by Crippen LogP contribution is 2.38. The van der Waals surface area contributed by atoms with E-state index in [0.717, 1.165) is 16.7 Å². The number of carbonyl (C=O) groups is 4. The summed E-state index contributed by atoms with van der Waals surface area (Å²) >= 11 is 0. The van der Waals surface area contributed by atoms with E-state index in [4.69, 9.17) is 4.74 Å². The van der Waals surface area contributed by atoms with Gasteiger partial charge < -0.3 is 10.1 Å². The van der Waals surface area contributed by atoms with Crippen LogP contribution in [-0.4, -0.2) is 23.4 Å². The summed E-state index contributed by atoms with van der Waals surface area (Å²) in [5.41, 5.74) is 3.32. The molecule has 1 amide bonds. The van der Waals surface area contributed by atoms with Gasteiger partial charge in [-0.3, -0.25) is 14.4 Å². The van der Waals surface area contributed by atoms with Gasteiger partial charge in [0.05, 0.1) is 5.56 Å². The average molecular weight is 496 g/mol. The fourth-order valence-corrected chi connectivity index (χ4v) is 4.46. The number of allylic oxidation sites excluding steroid dienone is 1. The molecule has 1 N–H and O–H groups in total. The van der Waals surface area contributed by atoms with Gasteiger partial charge >= 0.3 is 5.97 Å². The van der Waals surface area contributed by atoms with Crippen LogP contribution in [0.25, 0.3) is 6.08 Å². The topological polar surface area (TPSA) is 89.5 Å². The minimum Gasteiger partial charge on any atom is -0.453 e. The molecule has 3 aromatic carbocycles. The third kappa shape index (κ3) is 5.43. The van der Waals surface area contributed by atoms with E-state index >= 15 is 0 Å². The van der Waals surface area contributed by atoms with Crippen LogP contribution >= 0.6 is 0 Å². The molecule has 3 aromatic rings. The van der Waals surface area contributed by atoms with E-state index in [9.17, 15) is 19.2 Å². The Hall–Kier alpha value is -4.32. The number of nitrogens with one attached hydrogen (secondary N) is 1. The molecule has 4 rings (SSSR count). The molecule has 1 heterocycles. The smallest absolute Gasteiger partial charge is 0.339 e. The summed E-state index contributed by atoms with van der Waals surface area (Å²) in [7, 11) is 0. The number of para-hydroxylation sites is 1. The highest BCUT2D eigenvalue weighted by molar-refractivity contribution is 6.45. The quantitative estimate of drug-likeness (QED) is 0.199. The molecule has 0 fully saturated rings. The lowest BCUT2D eigenvalue weighted by Gasteiger charge is -2.25. The van der Waals surface area contributed by atoms with Gasteiger partial charge in [0.15, 0.2) is 5.78 Å². The van der Waals surface area contributed by atoms with Crippen molar-refractivity contribution < 1.29 is 23.9 Å². The van der Waals surface area contributed by atoms with E-state index in [1.54, 1.807) is 30.3 Å². The van der Waals surface area contributed by atoms with E-state index in [1.165, 1.54) is 6.08 Å². The van der Waals surface area contributed by atoms with Crippen molar-refractivity contribution in [2.45, 2.75) is 39.2 Å². The summed E-state index contributed by atoms with van der Waals surface area (Å²) in [5.74, 6) is -4.70. The van der Waals surface area contributed by atoms with Gasteiger partial charge in [-0.25, -0.2) is 4.79 Å². The van der Waals surface area contributed by atoms with Gasteiger partial charge in [-0.2, -0.15) is 0 Å². The molecular formula is C31H29NO5. The molecule has 0 bridgehead atoms. The largest absolute Gasteiger partial charge is 0.453 e. The number of rotatable bonds is 7. The summed E-state index contributed by atoms with van der Waals surface area (Å²) in [6, 6.07) is 21.3. The molecule has 6 nitrogen and oxygen atoms in total. The van der Waals surface area contributed by atoms with Crippen LogP contribution in [0.4, 0.5) is 5.69 Å². The van der Waals surface area contributed by atoms with Gasteiger partial charge in [-0.1, -0.05) is 93.6 Å². The van der Waals surface area contributed by atoms with Crippen molar-refractivity contribution in [3.05, 3.63) is 107 Å². The standard InChI is InChI=1S/C31H29NO5/c1-19-11-10-16-23(31(2,3)4)26(19)32-29(35)27(34)25(24(33)18-17-20-12-6-5-7-13-20)28-21-14-8-9-15-22(21)30(36)37-28/h5-18,25,28H,1-4H3,(H,32,35)/b18-17+/t25-,28+/m0/s1. The lowest BCUT2D eigenvalue weighted by Crippen LogP contribution is -2.38. The van der Waals surface area contributed by atoms with Gasteiger partial charge in [0.2, 0.25) is 5.78 Å². The molecular weight excluding hydrogens is 466 g/mol. The molecule has 0 unspecified atom stereocenters. The Labute approximate surface area is 216 Å². The number of amides is 1. The zero-order chi connectivity index (χ0) is 26.7. The third-order valence-corrected chi connectivity index (χ3v) is 6.40.